The summed E-state index contributed by atoms with van der Waals surface area (Å²) in [5.74, 6) is 0.0522. The third-order valence-electron chi connectivity index (χ3n) is 8.98. The van der Waals surface area contributed by atoms with Gasteiger partial charge in [0, 0.05) is 18.0 Å². The SMILES string of the molecule is CCCc1c(Cc2ccc(-c3ccccc3C#N)cc2F)c(=O)n(C2CCC(OC(C)C3(CF)CO3)CC2)c2ncnn12. The van der Waals surface area contributed by atoms with Crippen LogP contribution < -0.4 is 5.56 Å². The van der Waals surface area contributed by atoms with Crippen molar-refractivity contribution < 1.29 is 18.3 Å². The van der Waals surface area contributed by atoms with Crippen molar-refractivity contribution in [1.29, 1.82) is 5.26 Å². The third kappa shape index (κ3) is 5.48. The topological polar surface area (TPSA) is 97.7 Å². The molecule has 1 saturated heterocycles. The molecular weight excluding hydrogens is 552 g/mol. The van der Waals surface area contributed by atoms with Crippen LogP contribution in [0.25, 0.3) is 16.9 Å². The molecule has 0 spiro atoms. The largest absolute Gasteiger partial charge is 0.372 e. The lowest BCUT2D eigenvalue weighted by Gasteiger charge is -2.33. The van der Waals surface area contributed by atoms with E-state index in [2.05, 4.69) is 16.2 Å². The standard InChI is InChI=1S/C33H35F2N5O3/c1-3-6-30-28(15-23-10-9-22(16-29(23)35)27-8-5-4-7-24(27)17-36)31(41)39(32-37-20-38-40(30)32)25-11-13-26(14-12-25)43-21(2)33(18-34)19-42-33/h4-5,7-10,16,20-21,25-26H,3,6,11-15,18-19H2,1-2H3. The normalized spacial score (nSPS) is 22.4. The van der Waals surface area contributed by atoms with Crippen LogP contribution in [0.5, 0.6) is 0 Å². The molecule has 6 rings (SSSR count). The number of aromatic nitrogens is 4. The third-order valence-corrected chi connectivity index (χ3v) is 8.98. The molecule has 10 heteroatoms. The van der Waals surface area contributed by atoms with Gasteiger partial charge in [-0.25, -0.2) is 13.3 Å². The lowest BCUT2D eigenvalue weighted by atomic mass is 9.91. The molecule has 8 nitrogen and oxygen atoms in total. The van der Waals surface area contributed by atoms with Crippen molar-refractivity contribution in [2.45, 2.75) is 82.6 Å². The van der Waals surface area contributed by atoms with Gasteiger partial charge in [-0.3, -0.25) is 9.36 Å². The molecule has 2 unspecified atom stereocenters. The quantitative estimate of drug-likeness (QED) is 0.220. The zero-order valence-electron chi connectivity index (χ0n) is 24.4. The van der Waals surface area contributed by atoms with E-state index in [0.29, 0.717) is 59.5 Å². The van der Waals surface area contributed by atoms with Crippen molar-refractivity contribution in [2.24, 2.45) is 0 Å². The summed E-state index contributed by atoms with van der Waals surface area (Å²) in [6, 6.07) is 14.1. The first-order valence-electron chi connectivity index (χ1n) is 15.0. The number of hydrogen-bond acceptors (Lipinski definition) is 6. The Labute approximate surface area is 248 Å². The minimum absolute atomic E-state index is 0.0407. The van der Waals surface area contributed by atoms with E-state index in [0.717, 1.165) is 25.0 Å². The Morgan fingerprint density at radius 3 is 2.65 bits per heavy atom. The van der Waals surface area contributed by atoms with E-state index in [9.17, 15) is 14.4 Å². The Balaban J connectivity index is 1.30. The summed E-state index contributed by atoms with van der Waals surface area (Å²) in [6.45, 7) is 3.70. The fraction of sp³-hybridized carbons (Fsp3) is 0.455. The first-order chi connectivity index (χ1) is 20.9. The number of nitrogens with zero attached hydrogens (tertiary/aromatic N) is 5. The van der Waals surface area contributed by atoms with Gasteiger partial charge in [-0.2, -0.15) is 15.3 Å². The molecule has 3 heterocycles. The number of rotatable bonds is 10. The average Bonchev–Trinajstić information content (AvgIpc) is 3.69. The fourth-order valence-electron chi connectivity index (χ4n) is 6.32. The van der Waals surface area contributed by atoms with Crippen LogP contribution in [0.3, 0.4) is 0 Å². The lowest BCUT2D eigenvalue weighted by Crippen LogP contribution is -2.38. The molecule has 1 aliphatic heterocycles. The number of alkyl halides is 1. The second-order valence-electron chi connectivity index (χ2n) is 11.7. The predicted octanol–water partition coefficient (Wildman–Crippen LogP) is 5.74. The first kappa shape index (κ1) is 29.1. The Hall–Kier alpha value is -3.94. The molecule has 0 bridgehead atoms. The molecule has 2 aliphatic rings. The highest BCUT2D eigenvalue weighted by Gasteiger charge is 2.51. The second kappa shape index (κ2) is 12.0. The lowest BCUT2D eigenvalue weighted by molar-refractivity contribution is -0.0657. The van der Waals surface area contributed by atoms with Gasteiger partial charge in [0.25, 0.3) is 5.56 Å². The molecule has 0 radical (unpaired) electrons. The van der Waals surface area contributed by atoms with E-state index in [1.165, 1.54) is 12.4 Å². The molecule has 2 aromatic carbocycles. The molecule has 2 aromatic heterocycles. The number of aryl methyl sites for hydroxylation is 1. The zero-order chi connectivity index (χ0) is 30.1. The summed E-state index contributed by atoms with van der Waals surface area (Å²) < 4.78 is 44.0. The fourth-order valence-corrected chi connectivity index (χ4v) is 6.32. The summed E-state index contributed by atoms with van der Waals surface area (Å²) in [5, 5.41) is 14.0. The number of fused-ring (bicyclic) bond motifs is 1. The van der Waals surface area contributed by atoms with Crippen LogP contribution in [0.1, 0.15) is 74.4 Å². The van der Waals surface area contributed by atoms with E-state index < -0.39 is 18.1 Å². The van der Waals surface area contributed by atoms with Gasteiger partial charge in [0.05, 0.1) is 36.1 Å². The Morgan fingerprint density at radius 1 is 1.21 bits per heavy atom. The van der Waals surface area contributed by atoms with Gasteiger partial charge < -0.3 is 9.47 Å². The van der Waals surface area contributed by atoms with Crippen LogP contribution in [-0.2, 0) is 22.3 Å². The highest BCUT2D eigenvalue weighted by atomic mass is 19.1. The number of epoxide rings is 1. The van der Waals surface area contributed by atoms with Crippen LogP contribution in [0.2, 0.25) is 0 Å². The average molecular weight is 588 g/mol. The van der Waals surface area contributed by atoms with Gasteiger partial charge in [-0.05, 0) is 67.9 Å². The molecule has 0 N–H and O–H groups in total. The van der Waals surface area contributed by atoms with E-state index in [4.69, 9.17) is 9.47 Å². The van der Waals surface area contributed by atoms with Crippen molar-refractivity contribution in [3.63, 3.8) is 0 Å². The Morgan fingerprint density at radius 2 is 1.98 bits per heavy atom. The number of hydrogen-bond donors (Lipinski definition) is 0. The Kier molecular flexibility index (Phi) is 8.12. The van der Waals surface area contributed by atoms with Gasteiger partial charge >= 0.3 is 0 Å². The van der Waals surface area contributed by atoms with Crippen molar-refractivity contribution in [1.82, 2.24) is 19.2 Å². The van der Waals surface area contributed by atoms with Gasteiger partial charge in [-0.15, -0.1) is 0 Å². The summed E-state index contributed by atoms with van der Waals surface area (Å²) in [5.41, 5.74) is 2.39. The molecule has 0 amide bonds. The number of benzene rings is 2. The summed E-state index contributed by atoms with van der Waals surface area (Å²) in [6.07, 6.45) is 5.39. The summed E-state index contributed by atoms with van der Waals surface area (Å²) in [4.78, 5) is 18.7. The molecule has 2 atom stereocenters. The smallest absolute Gasteiger partial charge is 0.259 e. The van der Waals surface area contributed by atoms with Crippen LogP contribution in [0.15, 0.2) is 53.6 Å². The van der Waals surface area contributed by atoms with Crippen molar-refractivity contribution >= 4 is 5.78 Å². The maximum absolute atomic E-state index is 15.6. The number of ether oxygens (including phenoxy) is 2. The van der Waals surface area contributed by atoms with Gasteiger partial charge in [0.2, 0.25) is 5.78 Å². The second-order valence-corrected chi connectivity index (χ2v) is 11.7. The van der Waals surface area contributed by atoms with Crippen LogP contribution in [0, 0.1) is 17.1 Å². The summed E-state index contributed by atoms with van der Waals surface area (Å²) >= 11 is 0. The van der Waals surface area contributed by atoms with Crippen molar-refractivity contribution in [2.75, 3.05) is 13.3 Å². The molecule has 43 heavy (non-hydrogen) atoms. The molecule has 2 fully saturated rings. The molecule has 1 aliphatic carbocycles. The van der Waals surface area contributed by atoms with Crippen LogP contribution in [-0.4, -0.2) is 50.3 Å². The van der Waals surface area contributed by atoms with Gasteiger partial charge in [0.15, 0.2) is 0 Å². The maximum atomic E-state index is 15.6. The number of nitriles is 1. The zero-order valence-corrected chi connectivity index (χ0v) is 24.4. The molecular formula is C33H35F2N5O3. The highest BCUT2D eigenvalue weighted by Crippen LogP contribution is 2.37. The van der Waals surface area contributed by atoms with E-state index in [-0.39, 0.29) is 30.2 Å². The van der Waals surface area contributed by atoms with Crippen LogP contribution in [0.4, 0.5) is 8.78 Å². The number of halogens is 2. The monoisotopic (exact) mass is 587 g/mol. The van der Waals surface area contributed by atoms with Gasteiger partial charge in [-0.1, -0.05) is 43.7 Å². The minimum atomic E-state index is -0.807. The van der Waals surface area contributed by atoms with Crippen molar-refractivity contribution in [3.05, 3.63) is 87.3 Å². The van der Waals surface area contributed by atoms with Gasteiger partial charge in [0.1, 0.15) is 24.4 Å². The Bertz CT molecular complexity index is 1730. The maximum Gasteiger partial charge on any atom is 0.259 e. The van der Waals surface area contributed by atoms with E-state index >= 15 is 4.39 Å². The highest BCUT2D eigenvalue weighted by molar-refractivity contribution is 5.70. The summed E-state index contributed by atoms with van der Waals surface area (Å²) in [7, 11) is 0. The van der Waals surface area contributed by atoms with Crippen molar-refractivity contribution in [3.8, 4) is 17.2 Å². The van der Waals surface area contributed by atoms with E-state index in [1.807, 2.05) is 19.9 Å². The predicted molar refractivity (Wildman–Crippen MR) is 157 cm³/mol. The van der Waals surface area contributed by atoms with Crippen LogP contribution >= 0.6 is 0 Å². The van der Waals surface area contributed by atoms with E-state index in [1.54, 1.807) is 39.4 Å². The molecule has 224 valence electrons. The first-order valence-corrected chi connectivity index (χ1v) is 15.0. The molecule has 4 aromatic rings. The molecule has 1 saturated carbocycles. The minimum Gasteiger partial charge on any atom is -0.372 e.